The zero-order chi connectivity index (χ0) is 20.0. The standard InChI is InChI=1S/C23H27NO2S/c1-6-11-21(5)24(15-10-14-22-12-8-7-9-13-22)27(25,26)23-19(3)16-18(2)17-20(23)4/h7-14,16-17,21H,1,15H2,2-5H3/b14-10+/t21-/m0/s1. The van der Waals surface area contributed by atoms with Crippen LogP contribution in [0.1, 0.15) is 29.2 Å². The molecule has 0 aliphatic heterocycles. The minimum Gasteiger partial charge on any atom is -0.207 e. The first-order valence-corrected chi connectivity index (χ1v) is 10.4. The van der Waals surface area contributed by atoms with E-state index in [0.717, 1.165) is 22.3 Å². The molecule has 142 valence electrons. The Morgan fingerprint density at radius 3 is 2.26 bits per heavy atom. The summed E-state index contributed by atoms with van der Waals surface area (Å²) in [5.41, 5.74) is 6.33. The van der Waals surface area contributed by atoms with Gasteiger partial charge in [-0.2, -0.15) is 4.31 Å². The SMILES string of the molecule is C=C=C[C@H](C)N(C/C=C/c1ccccc1)S(=O)(=O)c1c(C)cc(C)cc1C. The van der Waals surface area contributed by atoms with E-state index in [1.807, 2.05) is 82.3 Å². The normalized spacial score (nSPS) is 12.9. The fourth-order valence-electron chi connectivity index (χ4n) is 3.28. The first kappa shape index (κ1) is 20.9. The third-order valence-electron chi connectivity index (χ3n) is 4.38. The Morgan fingerprint density at radius 1 is 1.11 bits per heavy atom. The summed E-state index contributed by atoms with van der Waals surface area (Å²) < 4.78 is 28.4. The molecule has 0 N–H and O–H groups in total. The summed E-state index contributed by atoms with van der Waals surface area (Å²) in [5, 5.41) is 0. The Morgan fingerprint density at radius 2 is 1.70 bits per heavy atom. The molecule has 0 unspecified atom stereocenters. The van der Waals surface area contributed by atoms with Crippen LogP contribution in [0.15, 0.2) is 71.8 Å². The van der Waals surface area contributed by atoms with Crippen LogP contribution < -0.4 is 0 Å². The highest BCUT2D eigenvalue weighted by Crippen LogP contribution is 2.27. The van der Waals surface area contributed by atoms with Crippen molar-refractivity contribution < 1.29 is 8.42 Å². The minimum atomic E-state index is -3.67. The van der Waals surface area contributed by atoms with Gasteiger partial charge in [-0.25, -0.2) is 8.42 Å². The molecular weight excluding hydrogens is 354 g/mol. The highest BCUT2D eigenvalue weighted by molar-refractivity contribution is 7.89. The second-order valence-corrected chi connectivity index (χ2v) is 8.55. The molecule has 0 fully saturated rings. The fraction of sp³-hybridized carbons (Fsp3) is 0.261. The summed E-state index contributed by atoms with van der Waals surface area (Å²) in [7, 11) is -3.67. The lowest BCUT2D eigenvalue weighted by Crippen LogP contribution is -2.38. The molecule has 2 aromatic carbocycles. The molecule has 0 bridgehead atoms. The summed E-state index contributed by atoms with van der Waals surface area (Å²) in [6, 6.07) is 13.3. The Hall–Kier alpha value is -2.39. The zero-order valence-electron chi connectivity index (χ0n) is 16.4. The van der Waals surface area contributed by atoms with Crippen molar-refractivity contribution in [2.75, 3.05) is 6.54 Å². The maximum Gasteiger partial charge on any atom is 0.244 e. The van der Waals surface area contributed by atoms with Crippen molar-refractivity contribution in [1.82, 2.24) is 4.31 Å². The highest BCUT2D eigenvalue weighted by atomic mass is 32.2. The van der Waals surface area contributed by atoms with Gasteiger partial charge in [-0.3, -0.25) is 0 Å². The number of rotatable bonds is 7. The van der Waals surface area contributed by atoms with E-state index in [4.69, 9.17) is 0 Å². The van der Waals surface area contributed by atoms with E-state index in [1.165, 1.54) is 4.31 Å². The van der Waals surface area contributed by atoms with Crippen molar-refractivity contribution in [2.24, 2.45) is 0 Å². The van der Waals surface area contributed by atoms with Gasteiger partial charge in [0, 0.05) is 12.6 Å². The Labute approximate surface area is 163 Å². The van der Waals surface area contributed by atoms with E-state index in [9.17, 15) is 8.42 Å². The van der Waals surface area contributed by atoms with Crippen LogP contribution in [-0.2, 0) is 10.0 Å². The predicted octanol–water partition coefficient (Wildman–Crippen LogP) is 5.05. The number of benzene rings is 2. The van der Waals surface area contributed by atoms with Gasteiger partial charge in [0.05, 0.1) is 4.90 Å². The van der Waals surface area contributed by atoms with Crippen LogP contribution in [0.4, 0.5) is 0 Å². The van der Waals surface area contributed by atoms with Crippen molar-refractivity contribution >= 4 is 16.1 Å². The monoisotopic (exact) mass is 381 g/mol. The maximum absolute atomic E-state index is 13.5. The summed E-state index contributed by atoms with van der Waals surface area (Å²) in [4.78, 5) is 0.380. The van der Waals surface area contributed by atoms with E-state index in [2.05, 4.69) is 12.3 Å². The predicted molar refractivity (Wildman–Crippen MR) is 113 cm³/mol. The third kappa shape index (κ3) is 5.08. The summed E-state index contributed by atoms with van der Waals surface area (Å²) >= 11 is 0. The Kier molecular flexibility index (Phi) is 6.98. The van der Waals surface area contributed by atoms with Crippen molar-refractivity contribution in [2.45, 2.75) is 38.6 Å². The van der Waals surface area contributed by atoms with Gasteiger partial charge in [0.25, 0.3) is 0 Å². The van der Waals surface area contributed by atoms with Gasteiger partial charge >= 0.3 is 0 Å². The molecule has 0 aliphatic rings. The topological polar surface area (TPSA) is 37.4 Å². The zero-order valence-corrected chi connectivity index (χ0v) is 17.3. The lowest BCUT2D eigenvalue weighted by atomic mass is 10.1. The number of hydrogen-bond acceptors (Lipinski definition) is 2. The summed E-state index contributed by atoms with van der Waals surface area (Å²) in [5.74, 6) is 0. The molecule has 0 heterocycles. The number of hydrogen-bond donors (Lipinski definition) is 0. The van der Waals surface area contributed by atoms with Crippen molar-refractivity contribution in [3.63, 3.8) is 0 Å². The molecule has 4 heteroatoms. The van der Waals surface area contributed by atoms with Gasteiger partial charge < -0.3 is 0 Å². The van der Waals surface area contributed by atoms with Crippen molar-refractivity contribution in [3.8, 4) is 0 Å². The third-order valence-corrected chi connectivity index (χ3v) is 6.64. The number of nitrogens with zero attached hydrogens (tertiary/aromatic N) is 1. The van der Waals surface area contributed by atoms with Gasteiger partial charge in [0.2, 0.25) is 10.0 Å². The molecule has 1 atom stereocenters. The van der Waals surface area contributed by atoms with E-state index < -0.39 is 10.0 Å². The molecular formula is C23H27NO2S. The molecule has 0 saturated heterocycles. The van der Waals surface area contributed by atoms with Crippen LogP contribution in [0.25, 0.3) is 6.08 Å². The van der Waals surface area contributed by atoms with Gasteiger partial charge in [0.15, 0.2) is 0 Å². The maximum atomic E-state index is 13.5. The van der Waals surface area contributed by atoms with Crippen molar-refractivity contribution in [3.05, 3.63) is 89.2 Å². The van der Waals surface area contributed by atoms with Crippen LogP contribution in [0.5, 0.6) is 0 Å². The van der Waals surface area contributed by atoms with E-state index >= 15 is 0 Å². The average molecular weight is 382 g/mol. The molecule has 0 saturated carbocycles. The van der Waals surface area contributed by atoms with Gasteiger partial charge in [-0.1, -0.05) is 66.8 Å². The van der Waals surface area contributed by atoms with E-state index in [-0.39, 0.29) is 12.6 Å². The molecule has 27 heavy (non-hydrogen) atoms. The second kappa shape index (κ2) is 9.01. The molecule has 0 aromatic heterocycles. The van der Waals surface area contributed by atoms with E-state index in [0.29, 0.717) is 4.90 Å². The lowest BCUT2D eigenvalue weighted by Gasteiger charge is -2.27. The quantitative estimate of drug-likeness (QED) is 0.630. The molecule has 0 spiro atoms. The van der Waals surface area contributed by atoms with Crippen LogP contribution in [0.3, 0.4) is 0 Å². The number of sulfonamides is 1. The lowest BCUT2D eigenvalue weighted by molar-refractivity contribution is 0.408. The highest BCUT2D eigenvalue weighted by Gasteiger charge is 2.30. The second-order valence-electron chi connectivity index (χ2n) is 6.73. The minimum absolute atomic E-state index is 0.267. The van der Waals surface area contributed by atoms with Gasteiger partial charge in [-0.05, 0) is 50.5 Å². The van der Waals surface area contributed by atoms with Crippen molar-refractivity contribution in [1.29, 1.82) is 0 Å². The van der Waals surface area contributed by atoms with Crippen LogP contribution in [0, 0.1) is 20.8 Å². The van der Waals surface area contributed by atoms with Gasteiger partial charge in [0.1, 0.15) is 0 Å². The van der Waals surface area contributed by atoms with Crippen LogP contribution in [-0.4, -0.2) is 25.3 Å². The fourth-order valence-corrected chi connectivity index (χ4v) is 5.23. The molecule has 2 aromatic rings. The first-order chi connectivity index (χ1) is 12.8. The molecule has 0 amide bonds. The van der Waals surface area contributed by atoms with Crippen LogP contribution >= 0.6 is 0 Å². The first-order valence-electron chi connectivity index (χ1n) is 8.94. The molecule has 2 rings (SSSR count). The molecule has 0 aliphatic carbocycles. The van der Waals surface area contributed by atoms with Crippen LogP contribution in [0.2, 0.25) is 0 Å². The largest absolute Gasteiger partial charge is 0.244 e. The smallest absolute Gasteiger partial charge is 0.207 e. The molecule has 3 nitrogen and oxygen atoms in total. The van der Waals surface area contributed by atoms with E-state index in [1.54, 1.807) is 6.08 Å². The Balaban J connectivity index is 2.44. The number of aryl methyl sites for hydroxylation is 3. The molecule has 0 radical (unpaired) electrons. The van der Waals surface area contributed by atoms with Gasteiger partial charge in [-0.15, -0.1) is 5.73 Å². The Bertz CT molecular complexity index is 946. The average Bonchev–Trinajstić information content (AvgIpc) is 2.58. The summed E-state index contributed by atoms with van der Waals surface area (Å²) in [6.45, 7) is 11.4. The summed E-state index contributed by atoms with van der Waals surface area (Å²) in [6.07, 6.45) is 5.48.